The maximum Gasteiger partial charge on any atom is 0.156 e. The van der Waals surface area contributed by atoms with Crippen molar-refractivity contribution in [2.24, 2.45) is 4.99 Å². The molecule has 78 valence electrons. The largest absolute Gasteiger partial charge is 0.365 e. The van der Waals surface area contributed by atoms with Crippen LogP contribution < -0.4 is 5.32 Å². The number of nitrogens with zero attached hydrogens (tertiary/aromatic N) is 1. The number of halogens is 1. The summed E-state index contributed by atoms with van der Waals surface area (Å²) in [5.74, 6) is 1.21. The standard InChI is InChI=1S/C9H18N2S.BrH/c1-2-3-8-12-9-10-6-4-5-7-11-9;/h2-8H2,1H3,(H,10,11);1H. The second-order valence-corrected chi connectivity index (χ2v) is 4.11. The summed E-state index contributed by atoms with van der Waals surface area (Å²) >= 11 is 1.87. The Morgan fingerprint density at radius 3 is 3.08 bits per heavy atom. The highest BCUT2D eigenvalue weighted by molar-refractivity contribution is 8.93. The molecule has 1 heterocycles. The van der Waals surface area contributed by atoms with Gasteiger partial charge in [-0.25, -0.2) is 0 Å². The van der Waals surface area contributed by atoms with Crippen LogP contribution in [0.1, 0.15) is 32.6 Å². The fourth-order valence-electron chi connectivity index (χ4n) is 1.08. The molecule has 0 fully saturated rings. The van der Waals surface area contributed by atoms with E-state index in [0.717, 1.165) is 13.1 Å². The third-order valence-corrected chi connectivity index (χ3v) is 2.89. The minimum atomic E-state index is 0. The molecule has 0 amide bonds. The summed E-state index contributed by atoms with van der Waals surface area (Å²) in [4.78, 5) is 4.46. The number of thioether (sulfide) groups is 1. The SMILES string of the molecule is Br.CCCCSC1=NCCCCN1. The lowest BCUT2D eigenvalue weighted by Crippen LogP contribution is -2.20. The van der Waals surface area contributed by atoms with Gasteiger partial charge in [0.2, 0.25) is 0 Å². The molecule has 0 saturated carbocycles. The number of aliphatic imine (C=N–C) groups is 1. The first kappa shape index (κ1) is 13.3. The van der Waals surface area contributed by atoms with E-state index in [1.807, 2.05) is 11.8 Å². The van der Waals surface area contributed by atoms with E-state index in [1.165, 1.54) is 36.6 Å². The van der Waals surface area contributed by atoms with Gasteiger partial charge in [-0.05, 0) is 19.3 Å². The number of unbranched alkanes of at least 4 members (excludes halogenated alkanes) is 1. The van der Waals surface area contributed by atoms with Crippen molar-refractivity contribution in [1.29, 1.82) is 0 Å². The van der Waals surface area contributed by atoms with Gasteiger partial charge < -0.3 is 5.32 Å². The lowest BCUT2D eigenvalue weighted by atomic mass is 10.3. The van der Waals surface area contributed by atoms with E-state index in [1.54, 1.807) is 0 Å². The van der Waals surface area contributed by atoms with Crippen LogP contribution in [-0.4, -0.2) is 24.0 Å². The monoisotopic (exact) mass is 266 g/mol. The van der Waals surface area contributed by atoms with Crippen LogP contribution in [0.25, 0.3) is 0 Å². The fraction of sp³-hybridized carbons (Fsp3) is 0.889. The van der Waals surface area contributed by atoms with Gasteiger partial charge in [0.15, 0.2) is 5.17 Å². The number of nitrogens with one attached hydrogen (secondary N) is 1. The maximum atomic E-state index is 4.46. The van der Waals surface area contributed by atoms with Gasteiger partial charge in [0.25, 0.3) is 0 Å². The van der Waals surface area contributed by atoms with E-state index in [0.29, 0.717) is 0 Å². The van der Waals surface area contributed by atoms with Crippen LogP contribution in [-0.2, 0) is 0 Å². The van der Waals surface area contributed by atoms with Crippen molar-refractivity contribution < 1.29 is 0 Å². The highest BCUT2D eigenvalue weighted by Gasteiger charge is 2.02. The summed E-state index contributed by atoms with van der Waals surface area (Å²) < 4.78 is 0. The molecular weight excluding hydrogens is 248 g/mol. The van der Waals surface area contributed by atoms with E-state index < -0.39 is 0 Å². The topological polar surface area (TPSA) is 24.4 Å². The van der Waals surface area contributed by atoms with Crippen molar-refractivity contribution in [1.82, 2.24) is 5.32 Å². The Morgan fingerprint density at radius 2 is 2.31 bits per heavy atom. The molecule has 13 heavy (non-hydrogen) atoms. The third kappa shape index (κ3) is 6.38. The van der Waals surface area contributed by atoms with E-state index in [-0.39, 0.29) is 17.0 Å². The van der Waals surface area contributed by atoms with Crippen LogP contribution in [0, 0.1) is 0 Å². The van der Waals surface area contributed by atoms with Gasteiger partial charge in [0, 0.05) is 18.8 Å². The first-order valence-corrected chi connectivity index (χ1v) is 5.83. The summed E-state index contributed by atoms with van der Waals surface area (Å²) in [5.41, 5.74) is 0. The second-order valence-electron chi connectivity index (χ2n) is 3.02. The molecule has 1 aliphatic heterocycles. The fourth-order valence-corrected chi connectivity index (χ4v) is 2.09. The summed E-state index contributed by atoms with van der Waals surface area (Å²) in [7, 11) is 0. The Bertz CT molecular complexity index is 151. The lowest BCUT2D eigenvalue weighted by Gasteiger charge is -2.04. The van der Waals surface area contributed by atoms with Gasteiger partial charge in [-0.3, -0.25) is 4.99 Å². The predicted molar refractivity (Wildman–Crippen MR) is 67.2 cm³/mol. The van der Waals surface area contributed by atoms with Crippen LogP contribution in [0.3, 0.4) is 0 Å². The van der Waals surface area contributed by atoms with Crippen LogP contribution in [0.5, 0.6) is 0 Å². The second kappa shape index (κ2) is 8.88. The Kier molecular flexibility index (Phi) is 9.08. The minimum absolute atomic E-state index is 0. The molecule has 4 heteroatoms. The normalized spacial score (nSPS) is 16.5. The molecule has 0 unspecified atom stereocenters. The Labute approximate surface area is 95.7 Å². The number of amidine groups is 1. The average molecular weight is 267 g/mol. The molecule has 1 rings (SSSR count). The van der Waals surface area contributed by atoms with Gasteiger partial charge in [-0.2, -0.15) is 0 Å². The van der Waals surface area contributed by atoms with Gasteiger partial charge in [-0.15, -0.1) is 17.0 Å². The molecule has 1 aliphatic rings. The molecule has 2 nitrogen and oxygen atoms in total. The lowest BCUT2D eigenvalue weighted by molar-refractivity contribution is 0.750. The maximum absolute atomic E-state index is 4.46. The molecule has 1 N–H and O–H groups in total. The van der Waals surface area contributed by atoms with Gasteiger partial charge in [0.05, 0.1) is 0 Å². The summed E-state index contributed by atoms with van der Waals surface area (Å²) in [6.07, 6.45) is 5.08. The number of rotatable bonds is 3. The van der Waals surface area contributed by atoms with E-state index in [2.05, 4.69) is 17.2 Å². The molecule has 0 aromatic rings. The molecule has 0 spiro atoms. The molecular formula is C9H19BrN2S. The van der Waals surface area contributed by atoms with E-state index in [9.17, 15) is 0 Å². The number of hydrogen-bond acceptors (Lipinski definition) is 3. The molecule has 0 saturated heterocycles. The van der Waals surface area contributed by atoms with Crippen LogP contribution >= 0.6 is 28.7 Å². The summed E-state index contributed by atoms with van der Waals surface area (Å²) in [6.45, 7) is 4.35. The van der Waals surface area contributed by atoms with Crippen molar-refractivity contribution in [3.63, 3.8) is 0 Å². The highest BCUT2D eigenvalue weighted by atomic mass is 79.9. The minimum Gasteiger partial charge on any atom is -0.365 e. The highest BCUT2D eigenvalue weighted by Crippen LogP contribution is 2.08. The van der Waals surface area contributed by atoms with Crippen molar-refractivity contribution in [2.75, 3.05) is 18.8 Å². The van der Waals surface area contributed by atoms with Crippen molar-refractivity contribution in [3.05, 3.63) is 0 Å². The summed E-state index contributed by atoms with van der Waals surface area (Å²) in [6, 6.07) is 0. The Morgan fingerprint density at radius 1 is 1.46 bits per heavy atom. The quantitative estimate of drug-likeness (QED) is 0.795. The van der Waals surface area contributed by atoms with Gasteiger partial charge in [-0.1, -0.05) is 25.1 Å². The van der Waals surface area contributed by atoms with Crippen molar-refractivity contribution in [2.45, 2.75) is 32.6 Å². The Hall–Kier alpha value is 0.300. The van der Waals surface area contributed by atoms with Gasteiger partial charge >= 0.3 is 0 Å². The number of hydrogen-bond donors (Lipinski definition) is 1. The predicted octanol–water partition coefficient (Wildman–Crippen LogP) is 2.84. The van der Waals surface area contributed by atoms with E-state index >= 15 is 0 Å². The zero-order valence-corrected chi connectivity index (χ0v) is 10.7. The molecule has 0 aromatic heterocycles. The average Bonchev–Trinajstić information content (AvgIpc) is 2.33. The van der Waals surface area contributed by atoms with Crippen LogP contribution in [0.15, 0.2) is 4.99 Å². The molecule has 0 bridgehead atoms. The third-order valence-electron chi connectivity index (χ3n) is 1.85. The van der Waals surface area contributed by atoms with Crippen molar-refractivity contribution in [3.8, 4) is 0 Å². The van der Waals surface area contributed by atoms with Gasteiger partial charge in [0.1, 0.15) is 0 Å². The van der Waals surface area contributed by atoms with Crippen LogP contribution in [0.4, 0.5) is 0 Å². The summed E-state index contributed by atoms with van der Waals surface area (Å²) in [5, 5.41) is 4.52. The van der Waals surface area contributed by atoms with E-state index in [4.69, 9.17) is 0 Å². The molecule has 0 atom stereocenters. The molecule has 0 aromatic carbocycles. The molecule has 0 aliphatic carbocycles. The molecule has 0 radical (unpaired) electrons. The van der Waals surface area contributed by atoms with Crippen LogP contribution in [0.2, 0.25) is 0 Å². The first-order chi connectivity index (χ1) is 5.93. The van der Waals surface area contributed by atoms with Crippen molar-refractivity contribution >= 4 is 33.9 Å². The zero-order chi connectivity index (χ0) is 8.65. The zero-order valence-electron chi connectivity index (χ0n) is 8.21. The smallest absolute Gasteiger partial charge is 0.156 e. The first-order valence-electron chi connectivity index (χ1n) is 4.84. The Balaban J connectivity index is 0.00000144.